The van der Waals surface area contributed by atoms with Gasteiger partial charge in [0.05, 0.1) is 5.69 Å². The van der Waals surface area contributed by atoms with Crippen molar-refractivity contribution in [1.29, 1.82) is 0 Å². The minimum Gasteiger partial charge on any atom is -0.315 e. The quantitative estimate of drug-likeness (QED) is 0.877. The smallest absolute Gasteiger partial charge is 0.0638 e. The maximum Gasteiger partial charge on any atom is 0.0638 e. The molecule has 0 aliphatic carbocycles. The lowest BCUT2D eigenvalue weighted by atomic mass is 10.1. The van der Waals surface area contributed by atoms with Gasteiger partial charge >= 0.3 is 0 Å². The summed E-state index contributed by atoms with van der Waals surface area (Å²) in [4.78, 5) is 2.62. The Balaban J connectivity index is 0.00000200. The molecule has 0 bridgehead atoms. The third kappa shape index (κ3) is 4.21. The first kappa shape index (κ1) is 17.5. The van der Waals surface area contributed by atoms with E-state index in [0.29, 0.717) is 12.1 Å². The Kier molecular flexibility index (Phi) is 7.00. The number of nitrogens with zero attached hydrogens (tertiary/aromatic N) is 3. The lowest BCUT2D eigenvalue weighted by Gasteiger charge is -2.27. The predicted octanol–water partition coefficient (Wildman–Crippen LogP) is 2.77. The second-order valence-electron chi connectivity index (χ2n) is 5.93. The van der Waals surface area contributed by atoms with Gasteiger partial charge in [0.15, 0.2) is 0 Å². The molecule has 0 amide bonds. The fraction of sp³-hybridized carbons (Fsp3) is 0.800. The van der Waals surface area contributed by atoms with Crippen LogP contribution in [0.15, 0.2) is 6.20 Å². The average molecular weight is 301 g/mol. The molecule has 1 unspecified atom stereocenters. The zero-order valence-corrected chi connectivity index (χ0v) is 14.0. The first-order valence-corrected chi connectivity index (χ1v) is 7.61. The second-order valence-corrected chi connectivity index (χ2v) is 5.93. The van der Waals surface area contributed by atoms with Crippen molar-refractivity contribution < 1.29 is 0 Å². The number of hydrogen-bond acceptors (Lipinski definition) is 3. The highest BCUT2D eigenvalue weighted by atomic mass is 35.5. The Labute approximate surface area is 129 Å². The summed E-state index contributed by atoms with van der Waals surface area (Å²) in [6.07, 6.45) is 4.72. The Morgan fingerprint density at radius 1 is 1.50 bits per heavy atom. The van der Waals surface area contributed by atoms with Crippen LogP contribution in [0.1, 0.15) is 50.9 Å². The number of rotatable bonds is 6. The SMILES string of the molecule is CCCN(Cc1cn(C(C)C)nc1C)C1CCNC1.Cl. The molecule has 1 aliphatic heterocycles. The number of nitrogens with one attached hydrogen (secondary N) is 1. The van der Waals surface area contributed by atoms with Crippen LogP contribution in [-0.2, 0) is 6.54 Å². The lowest BCUT2D eigenvalue weighted by Crippen LogP contribution is -2.37. The van der Waals surface area contributed by atoms with Crippen molar-refractivity contribution in [1.82, 2.24) is 20.0 Å². The van der Waals surface area contributed by atoms with Crippen LogP contribution in [0.2, 0.25) is 0 Å². The molecule has 2 heterocycles. The molecule has 1 fully saturated rings. The monoisotopic (exact) mass is 300 g/mol. The first-order valence-electron chi connectivity index (χ1n) is 7.61. The summed E-state index contributed by atoms with van der Waals surface area (Å²) in [5, 5.41) is 8.10. The molecule has 1 atom stereocenters. The molecule has 116 valence electrons. The standard InChI is InChI=1S/C15H28N4.ClH/c1-5-8-18(15-6-7-16-9-15)10-14-11-19(12(2)3)17-13(14)4;/h11-12,15-16H,5-10H2,1-4H3;1H. The van der Waals surface area contributed by atoms with E-state index < -0.39 is 0 Å². The van der Waals surface area contributed by atoms with Gasteiger partial charge in [0.1, 0.15) is 0 Å². The molecule has 20 heavy (non-hydrogen) atoms. The van der Waals surface area contributed by atoms with Gasteiger partial charge in [-0.2, -0.15) is 5.10 Å². The molecule has 0 spiro atoms. The molecule has 0 saturated carbocycles. The van der Waals surface area contributed by atoms with Crippen LogP contribution >= 0.6 is 12.4 Å². The van der Waals surface area contributed by atoms with Gasteiger partial charge in [-0.3, -0.25) is 9.58 Å². The van der Waals surface area contributed by atoms with Crippen LogP contribution in [0, 0.1) is 6.92 Å². The second kappa shape index (κ2) is 8.01. The Morgan fingerprint density at radius 2 is 2.25 bits per heavy atom. The molecule has 0 aromatic carbocycles. The van der Waals surface area contributed by atoms with Gasteiger partial charge < -0.3 is 5.32 Å². The average Bonchev–Trinajstić information content (AvgIpc) is 2.99. The van der Waals surface area contributed by atoms with E-state index in [1.807, 2.05) is 0 Å². The zero-order chi connectivity index (χ0) is 13.8. The minimum absolute atomic E-state index is 0. The molecule has 1 aliphatic rings. The van der Waals surface area contributed by atoms with Crippen LogP contribution < -0.4 is 5.32 Å². The fourth-order valence-corrected chi connectivity index (χ4v) is 2.79. The molecular formula is C15H29ClN4. The van der Waals surface area contributed by atoms with Crippen LogP contribution in [0.5, 0.6) is 0 Å². The Hall–Kier alpha value is -0.580. The Bertz CT molecular complexity index is 397. The number of hydrogen-bond donors (Lipinski definition) is 1. The zero-order valence-electron chi connectivity index (χ0n) is 13.2. The molecule has 1 N–H and O–H groups in total. The maximum absolute atomic E-state index is 4.62. The number of aromatic nitrogens is 2. The highest BCUT2D eigenvalue weighted by Crippen LogP contribution is 2.17. The molecule has 1 saturated heterocycles. The molecule has 5 heteroatoms. The fourth-order valence-electron chi connectivity index (χ4n) is 2.79. The van der Waals surface area contributed by atoms with Crippen molar-refractivity contribution in [3.05, 3.63) is 17.5 Å². The normalized spacial score (nSPS) is 18.8. The van der Waals surface area contributed by atoms with Crippen LogP contribution in [0.25, 0.3) is 0 Å². The third-order valence-corrected chi connectivity index (χ3v) is 3.98. The van der Waals surface area contributed by atoms with Crippen LogP contribution in [-0.4, -0.2) is 40.4 Å². The highest BCUT2D eigenvalue weighted by Gasteiger charge is 2.22. The van der Waals surface area contributed by atoms with Crippen molar-refractivity contribution in [3.8, 4) is 0 Å². The van der Waals surface area contributed by atoms with E-state index in [2.05, 4.69) is 53.9 Å². The van der Waals surface area contributed by atoms with Crippen molar-refractivity contribution in [2.45, 2.75) is 59.2 Å². The largest absolute Gasteiger partial charge is 0.315 e. The summed E-state index contributed by atoms with van der Waals surface area (Å²) in [7, 11) is 0. The summed E-state index contributed by atoms with van der Waals surface area (Å²) >= 11 is 0. The van der Waals surface area contributed by atoms with E-state index in [0.717, 1.165) is 19.6 Å². The molecular weight excluding hydrogens is 272 g/mol. The summed E-state index contributed by atoms with van der Waals surface area (Å²) in [6.45, 7) is 13.3. The molecule has 4 nitrogen and oxygen atoms in total. The number of aryl methyl sites for hydroxylation is 1. The lowest BCUT2D eigenvalue weighted by molar-refractivity contribution is 0.199. The Morgan fingerprint density at radius 3 is 2.75 bits per heavy atom. The van der Waals surface area contributed by atoms with Crippen molar-refractivity contribution in [3.63, 3.8) is 0 Å². The molecule has 1 aromatic rings. The van der Waals surface area contributed by atoms with E-state index >= 15 is 0 Å². The van der Waals surface area contributed by atoms with Gasteiger partial charge in [-0.05, 0) is 46.7 Å². The van der Waals surface area contributed by atoms with Gasteiger partial charge in [0.25, 0.3) is 0 Å². The highest BCUT2D eigenvalue weighted by molar-refractivity contribution is 5.85. The molecule has 2 rings (SSSR count). The van der Waals surface area contributed by atoms with Gasteiger partial charge in [0.2, 0.25) is 0 Å². The van der Waals surface area contributed by atoms with E-state index in [9.17, 15) is 0 Å². The molecule has 1 aromatic heterocycles. The van der Waals surface area contributed by atoms with Crippen molar-refractivity contribution in [2.75, 3.05) is 19.6 Å². The van der Waals surface area contributed by atoms with Gasteiger partial charge in [-0.25, -0.2) is 0 Å². The first-order chi connectivity index (χ1) is 9.11. The summed E-state index contributed by atoms with van der Waals surface area (Å²) in [5.74, 6) is 0. The van der Waals surface area contributed by atoms with Gasteiger partial charge in [-0.1, -0.05) is 6.92 Å². The minimum atomic E-state index is 0. The van der Waals surface area contributed by atoms with Crippen molar-refractivity contribution in [2.24, 2.45) is 0 Å². The summed E-state index contributed by atoms with van der Waals surface area (Å²) in [5.41, 5.74) is 2.56. The van der Waals surface area contributed by atoms with Crippen LogP contribution in [0.3, 0.4) is 0 Å². The van der Waals surface area contributed by atoms with E-state index in [-0.39, 0.29) is 12.4 Å². The van der Waals surface area contributed by atoms with E-state index in [4.69, 9.17) is 0 Å². The maximum atomic E-state index is 4.62. The summed E-state index contributed by atoms with van der Waals surface area (Å²) < 4.78 is 2.09. The van der Waals surface area contributed by atoms with Gasteiger partial charge in [0, 0.05) is 36.9 Å². The number of halogens is 1. The van der Waals surface area contributed by atoms with Crippen LogP contribution in [0.4, 0.5) is 0 Å². The predicted molar refractivity (Wildman–Crippen MR) is 86.6 cm³/mol. The van der Waals surface area contributed by atoms with Crippen molar-refractivity contribution >= 4 is 12.4 Å². The summed E-state index contributed by atoms with van der Waals surface area (Å²) in [6, 6.07) is 1.14. The van der Waals surface area contributed by atoms with Gasteiger partial charge in [-0.15, -0.1) is 12.4 Å². The van der Waals surface area contributed by atoms with E-state index in [1.165, 1.54) is 30.6 Å². The topological polar surface area (TPSA) is 33.1 Å². The van der Waals surface area contributed by atoms with E-state index in [1.54, 1.807) is 0 Å². The molecule has 0 radical (unpaired) electrons. The third-order valence-electron chi connectivity index (χ3n) is 3.98.